The van der Waals surface area contributed by atoms with E-state index < -0.39 is 0 Å². The van der Waals surface area contributed by atoms with Crippen LogP contribution in [0.2, 0.25) is 0 Å². The Morgan fingerprint density at radius 3 is 2.93 bits per heavy atom. The van der Waals surface area contributed by atoms with Gasteiger partial charge in [-0.25, -0.2) is 0 Å². The van der Waals surface area contributed by atoms with E-state index >= 15 is 0 Å². The van der Waals surface area contributed by atoms with Crippen molar-refractivity contribution in [2.75, 3.05) is 0 Å². The number of fused-ring (bicyclic) bond motifs is 1. The minimum Gasteiger partial charge on any atom is -0.324 e. The molecule has 0 aromatic heterocycles. The molecule has 4 nitrogen and oxygen atoms in total. The van der Waals surface area contributed by atoms with Gasteiger partial charge in [0.2, 0.25) is 0 Å². The molecule has 0 amide bonds. The van der Waals surface area contributed by atoms with Crippen LogP contribution in [0.1, 0.15) is 23.6 Å². The maximum absolute atomic E-state index is 10.7. The predicted molar refractivity (Wildman–Crippen MR) is 61.1 cm³/mol. The van der Waals surface area contributed by atoms with Gasteiger partial charge in [0.15, 0.2) is 0 Å². The highest BCUT2D eigenvalue weighted by atomic mass is 127. The van der Waals surface area contributed by atoms with Crippen molar-refractivity contribution in [1.82, 2.24) is 0 Å². The summed E-state index contributed by atoms with van der Waals surface area (Å²) >= 11 is 2.18. The van der Waals surface area contributed by atoms with E-state index in [2.05, 4.69) is 22.6 Å². The van der Waals surface area contributed by atoms with Crippen molar-refractivity contribution in [1.29, 1.82) is 0 Å². The fourth-order valence-electron chi connectivity index (χ4n) is 1.90. The van der Waals surface area contributed by atoms with Gasteiger partial charge in [0.1, 0.15) is 0 Å². The van der Waals surface area contributed by atoms with Gasteiger partial charge in [0.25, 0.3) is 5.69 Å². The summed E-state index contributed by atoms with van der Waals surface area (Å²) in [7, 11) is 0. The molecule has 1 atom stereocenters. The average Bonchev–Trinajstić information content (AvgIpc) is 2.49. The molecule has 0 saturated heterocycles. The highest BCUT2D eigenvalue weighted by Gasteiger charge is 2.28. The molecule has 2 rings (SSSR count). The zero-order valence-electron chi connectivity index (χ0n) is 7.37. The Bertz CT molecular complexity index is 406. The smallest absolute Gasteiger partial charge is 0.272 e. The fraction of sp³-hybridized carbons (Fsp3) is 0.333. The van der Waals surface area contributed by atoms with Crippen molar-refractivity contribution >= 4 is 28.3 Å². The van der Waals surface area contributed by atoms with E-state index in [1.807, 2.05) is 0 Å². The highest BCUT2D eigenvalue weighted by Crippen LogP contribution is 2.38. The van der Waals surface area contributed by atoms with E-state index in [1.54, 1.807) is 12.1 Å². The molecule has 1 aromatic carbocycles. The lowest BCUT2D eigenvalue weighted by Crippen LogP contribution is -2.07. The zero-order valence-corrected chi connectivity index (χ0v) is 9.52. The Balaban J connectivity index is 2.64. The van der Waals surface area contributed by atoms with E-state index in [0.29, 0.717) is 0 Å². The largest absolute Gasteiger partial charge is 0.324 e. The molecule has 1 aliphatic rings. The Hall–Kier alpha value is -0.690. The summed E-state index contributed by atoms with van der Waals surface area (Å²) in [4.78, 5) is 10.4. The predicted octanol–water partition coefficient (Wildman–Crippen LogP) is 2.15. The van der Waals surface area contributed by atoms with Gasteiger partial charge in [-0.05, 0) is 47.1 Å². The zero-order chi connectivity index (χ0) is 10.3. The summed E-state index contributed by atoms with van der Waals surface area (Å²) in [6, 6.07) is 3.30. The van der Waals surface area contributed by atoms with Crippen LogP contribution in [0.15, 0.2) is 12.1 Å². The molecular formula is C9H9IN2O2. The molecule has 1 unspecified atom stereocenters. The minimum absolute atomic E-state index is 0.0307. The number of hydrogen-bond donors (Lipinski definition) is 1. The van der Waals surface area contributed by atoms with Crippen molar-refractivity contribution in [3.8, 4) is 0 Å². The molecule has 0 radical (unpaired) electrons. The number of nitro groups is 1. The summed E-state index contributed by atoms with van der Waals surface area (Å²) in [5, 5.41) is 10.7. The van der Waals surface area contributed by atoms with E-state index in [-0.39, 0.29) is 16.7 Å². The molecule has 0 bridgehead atoms. The molecule has 0 heterocycles. The van der Waals surface area contributed by atoms with Crippen molar-refractivity contribution < 1.29 is 4.92 Å². The molecule has 2 N–H and O–H groups in total. The van der Waals surface area contributed by atoms with Crippen LogP contribution in [0, 0.1) is 13.7 Å². The Morgan fingerprint density at radius 1 is 1.57 bits per heavy atom. The van der Waals surface area contributed by atoms with Crippen molar-refractivity contribution in [3.63, 3.8) is 0 Å². The molecule has 14 heavy (non-hydrogen) atoms. The number of hydrogen-bond acceptors (Lipinski definition) is 3. The second-order valence-corrected chi connectivity index (χ2v) is 4.52. The molecule has 74 valence electrons. The van der Waals surface area contributed by atoms with Crippen LogP contribution < -0.4 is 5.73 Å². The summed E-state index contributed by atoms with van der Waals surface area (Å²) in [5.74, 6) is 0. The Kier molecular flexibility index (Phi) is 2.44. The number of nitrogens with two attached hydrogens (primary N) is 1. The first-order valence-electron chi connectivity index (χ1n) is 4.32. The standard InChI is InChI=1S/C9H9IN2O2/c10-6-2-4-8(12(13)14)5-1-3-7(11)9(5)6/h2,4,7H,1,3,11H2. The average molecular weight is 304 g/mol. The van der Waals surface area contributed by atoms with E-state index in [1.165, 1.54) is 0 Å². The third-order valence-electron chi connectivity index (χ3n) is 2.55. The van der Waals surface area contributed by atoms with Gasteiger partial charge in [0, 0.05) is 21.2 Å². The van der Waals surface area contributed by atoms with E-state index in [4.69, 9.17) is 5.73 Å². The number of nitro benzene ring substituents is 1. The minimum atomic E-state index is -0.326. The van der Waals surface area contributed by atoms with Gasteiger partial charge in [-0.1, -0.05) is 0 Å². The summed E-state index contributed by atoms with van der Waals surface area (Å²) < 4.78 is 1.04. The fourth-order valence-corrected chi connectivity index (χ4v) is 2.81. The summed E-state index contributed by atoms with van der Waals surface area (Å²) in [6.45, 7) is 0. The third kappa shape index (κ3) is 1.40. The first-order chi connectivity index (χ1) is 6.61. The van der Waals surface area contributed by atoms with Gasteiger partial charge in [-0.2, -0.15) is 0 Å². The molecule has 1 aliphatic carbocycles. The van der Waals surface area contributed by atoms with Crippen LogP contribution in [0.4, 0.5) is 5.69 Å². The quantitative estimate of drug-likeness (QED) is 0.491. The van der Waals surface area contributed by atoms with Crippen molar-refractivity contribution in [3.05, 3.63) is 36.9 Å². The lowest BCUT2D eigenvalue weighted by molar-refractivity contribution is -0.385. The van der Waals surface area contributed by atoms with Crippen molar-refractivity contribution in [2.45, 2.75) is 18.9 Å². The second kappa shape index (κ2) is 3.47. The van der Waals surface area contributed by atoms with Crippen molar-refractivity contribution in [2.24, 2.45) is 5.73 Å². The number of rotatable bonds is 1. The van der Waals surface area contributed by atoms with E-state index in [0.717, 1.165) is 27.5 Å². The molecule has 0 spiro atoms. The highest BCUT2D eigenvalue weighted by molar-refractivity contribution is 14.1. The maximum Gasteiger partial charge on any atom is 0.272 e. The van der Waals surface area contributed by atoms with Crippen LogP contribution in [-0.4, -0.2) is 4.92 Å². The van der Waals surface area contributed by atoms with Gasteiger partial charge in [-0.3, -0.25) is 10.1 Å². The first-order valence-corrected chi connectivity index (χ1v) is 5.40. The van der Waals surface area contributed by atoms with Gasteiger partial charge in [0.05, 0.1) is 4.92 Å². The van der Waals surface area contributed by atoms with Gasteiger partial charge < -0.3 is 5.73 Å². The van der Waals surface area contributed by atoms with E-state index in [9.17, 15) is 10.1 Å². The number of nitrogens with zero attached hydrogens (tertiary/aromatic N) is 1. The number of halogens is 1. The Morgan fingerprint density at radius 2 is 2.29 bits per heavy atom. The SMILES string of the molecule is NC1CCc2c([N+](=O)[O-])ccc(I)c21. The van der Waals surface area contributed by atoms with Crippen LogP contribution >= 0.6 is 22.6 Å². The lowest BCUT2D eigenvalue weighted by Gasteiger charge is -2.07. The van der Waals surface area contributed by atoms with Crippen LogP contribution in [0.3, 0.4) is 0 Å². The molecule has 0 aliphatic heterocycles. The third-order valence-corrected chi connectivity index (χ3v) is 3.49. The second-order valence-electron chi connectivity index (χ2n) is 3.36. The Labute approximate surface area is 94.8 Å². The molecular weight excluding hydrogens is 295 g/mol. The molecule has 1 aromatic rings. The summed E-state index contributed by atoms with van der Waals surface area (Å²) in [5.41, 5.74) is 7.91. The van der Waals surface area contributed by atoms with Crippen LogP contribution in [0.5, 0.6) is 0 Å². The maximum atomic E-state index is 10.7. The summed E-state index contributed by atoms with van der Waals surface area (Å²) in [6.07, 6.45) is 1.54. The number of benzene rings is 1. The first kappa shape index (κ1) is 9.85. The van der Waals surface area contributed by atoms with Gasteiger partial charge >= 0.3 is 0 Å². The molecule has 0 saturated carbocycles. The topological polar surface area (TPSA) is 69.2 Å². The normalized spacial score (nSPS) is 19.4. The van der Waals surface area contributed by atoms with Crippen LogP contribution in [0.25, 0.3) is 0 Å². The van der Waals surface area contributed by atoms with Crippen LogP contribution in [-0.2, 0) is 6.42 Å². The van der Waals surface area contributed by atoms with Gasteiger partial charge in [-0.15, -0.1) is 0 Å². The molecule has 5 heteroatoms. The lowest BCUT2D eigenvalue weighted by atomic mass is 10.1. The monoisotopic (exact) mass is 304 g/mol. The molecule has 0 fully saturated rings.